The molecule has 0 saturated carbocycles. The SMILES string of the molecule is CNc1ncnc(NCCn2ccnc2)c1Br. The largest absolute Gasteiger partial charge is 0.372 e. The van der Waals surface area contributed by atoms with Gasteiger partial charge in [0.1, 0.15) is 22.4 Å². The number of rotatable bonds is 5. The fourth-order valence-electron chi connectivity index (χ4n) is 1.39. The van der Waals surface area contributed by atoms with Gasteiger partial charge in [-0.05, 0) is 15.9 Å². The van der Waals surface area contributed by atoms with E-state index in [0.29, 0.717) is 0 Å². The van der Waals surface area contributed by atoms with E-state index < -0.39 is 0 Å². The van der Waals surface area contributed by atoms with Gasteiger partial charge in [0, 0.05) is 32.5 Å². The van der Waals surface area contributed by atoms with Crippen LogP contribution in [0.15, 0.2) is 29.5 Å². The van der Waals surface area contributed by atoms with Crippen molar-refractivity contribution in [2.45, 2.75) is 6.54 Å². The molecule has 2 aromatic heterocycles. The fraction of sp³-hybridized carbons (Fsp3) is 0.300. The molecule has 2 rings (SSSR count). The van der Waals surface area contributed by atoms with Crippen LogP contribution in [0, 0.1) is 0 Å². The van der Waals surface area contributed by atoms with E-state index in [0.717, 1.165) is 29.2 Å². The number of hydrogen-bond donors (Lipinski definition) is 2. The monoisotopic (exact) mass is 296 g/mol. The smallest absolute Gasteiger partial charge is 0.146 e. The van der Waals surface area contributed by atoms with Crippen molar-refractivity contribution in [2.24, 2.45) is 0 Å². The number of aromatic nitrogens is 4. The lowest BCUT2D eigenvalue weighted by molar-refractivity contribution is 0.725. The summed E-state index contributed by atoms with van der Waals surface area (Å²) in [6.07, 6.45) is 7.00. The van der Waals surface area contributed by atoms with Gasteiger partial charge in [0.25, 0.3) is 0 Å². The van der Waals surface area contributed by atoms with Crippen LogP contribution < -0.4 is 10.6 Å². The van der Waals surface area contributed by atoms with Gasteiger partial charge in [-0.3, -0.25) is 0 Å². The number of halogens is 1. The van der Waals surface area contributed by atoms with Gasteiger partial charge in [-0.15, -0.1) is 0 Å². The highest BCUT2D eigenvalue weighted by Gasteiger charge is 2.06. The Morgan fingerprint density at radius 1 is 1.35 bits per heavy atom. The van der Waals surface area contributed by atoms with E-state index in [9.17, 15) is 0 Å². The number of anilines is 2. The molecule has 90 valence electrons. The summed E-state index contributed by atoms with van der Waals surface area (Å²) >= 11 is 3.45. The molecule has 2 aromatic rings. The second-order valence-electron chi connectivity index (χ2n) is 3.36. The predicted molar refractivity (Wildman–Crippen MR) is 70.0 cm³/mol. The highest BCUT2D eigenvalue weighted by atomic mass is 79.9. The molecule has 0 saturated heterocycles. The molecule has 17 heavy (non-hydrogen) atoms. The van der Waals surface area contributed by atoms with Crippen molar-refractivity contribution in [3.63, 3.8) is 0 Å². The molecule has 0 amide bonds. The van der Waals surface area contributed by atoms with Crippen molar-refractivity contribution >= 4 is 27.6 Å². The van der Waals surface area contributed by atoms with Gasteiger partial charge in [-0.25, -0.2) is 15.0 Å². The molecule has 0 fully saturated rings. The summed E-state index contributed by atoms with van der Waals surface area (Å²) in [5.41, 5.74) is 0. The predicted octanol–water partition coefficient (Wildman–Crippen LogP) is 1.59. The zero-order chi connectivity index (χ0) is 12.1. The third kappa shape index (κ3) is 2.94. The lowest BCUT2D eigenvalue weighted by atomic mass is 10.5. The lowest BCUT2D eigenvalue weighted by Crippen LogP contribution is -2.11. The molecule has 2 heterocycles. The molecular formula is C10H13BrN6. The van der Waals surface area contributed by atoms with E-state index in [2.05, 4.69) is 41.5 Å². The highest BCUT2D eigenvalue weighted by Crippen LogP contribution is 2.25. The van der Waals surface area contributed by atoms with Crippen LogP contribution >= 0.6 is 15.9 Å². The summed E-state index contributed by atoms with van der Waals surface area (Å²) < 4.78 is 2.84. The van der Waals surface area contributed by atoms with Crippen LogP contribution in [0.1, 0.15) is 0 Å². The second-order valence-corrected chi connectivity index (χ2v) is 4.16. The molecule has 0 aliphatic carbocycles. The average molecular weight is 297 g/mol. The maximum atomic E-state index is 4.17. The quantitative estimate of drug-likeness (QED) is 0.877. The molecular weight excluding hydrogens is 284 g/mol. The Labute approximate surface area is 108 Å². The Bertz CT molecular complexity index is 470. The van der Waals surface area contributed by atoms with E-state index in [1.165, 1.54) is 6.33 Å². The van der Waals surface area contributed by atoms with Gasteiger partial charge in [0.15, 0.2) is 0 Å². The van der Waals surface area contributed by atoms with E-state index in [4.69, 9.17) is 0 Å². The molecule has 0 atom stereocenters. The highest BCUT2D eigenvalue weighted by molar-refractivity contribution is 9.10. The van der Waals surface area contributed by atoms with E-state index in [1.54, 1.807) is 12.5 Å². The molecule has 0 radical (unpaired) electrons. The summed E-state index contributed by atoms with van der Waals surface area (Å²) in [5, 5.41) is 6.23. The van der Waals surface area contributed by atoms with E-state index in [1.807, 2.05) is 17.8 Å². The molecule has 0 unspecified atom stereocenters. The van der Waals surface area contributed by atoms with Gasteiger partial charge in [-0.2, -0.15) is 0 Å². The van der Waals surface area contributed by atoms with Crippen molar-refractivity contribution in [3.8, 4) is 0 Å². The Kier molecular flexibility index (Phi) is 3.92. The zero-order valence-corrected chi connectivity index (χ0v) is 11.0. The van der Waals surface area contributed by atoms with Gasteiger partial charge in [-0.1, -0.05) is 0 Å². The first-order valence-electron chi connectivity index (χ1n) is 5.19. The fourth-order valence-corrected chi connectivity index (χ4v) is 1.93. The van der Waals surface area contributed by atoms with Crippen LogP contribution in [0.25, 0.3) is 0 Å². The number of nitrogens with one attached hydrogen (secondary N) is 2. The minimum Gasteiger partial charge on any atom is -0.372 e. The first-order chi connectivity index (χ1) is 8.31. The number of nitrogens with zero attached hydrogens (tertiary/aromatic N) is 4. The van der Waals surface area contributed by atoms with Crippen molar-refractivity contribution in [2.75, 3.05) is 24.2 Å². The van der Waals surface area contributed by atoms with Gasteiger partial charge < -0.3 is 15.2 Å². The molecule has 0 aliphatic rings. The molecule has 7 heteroatoms. The summed E-state index contributed by atoms with van der Waals surface area (Å²) in [6.45, 7) is 1.61. The van der Waals surface area contributed by atoms with Crippen molar-refractivity contribution in [3.05, 3.63) is 29.5 Å². The van der Waals surface area contributed by atoms with Crippen LogP contribution in [0.3, 0.4) is 0 Å². The van der Waals surface area contributed by atoms with Crippen molar-refractivity contribution in [1.82, 2.24) is 19.5 Å². The maximum absolute atomic E-state index is 4.17. The van der Waals surface area contributed by atoms with Crippen molar-refractivity contribution < 1.29 is 0 Å². The van der Waals surface area contributed by atoms with Crippen LogP contribution in [0.2, 0.25) is 0 Å². The van der Waals surface area contributed by atoms with Crippen LogP contribution in [-0.2, 0) is 6.54 Å². The Morgan fingerprint density at radius 2 is 2.18 bits per heavy atom. The summed E-state index contributed by atoms with van der Waals surface area (Å²) in [7, 11) is 1.82. The summed E-state index contributed by atoms with van der Waals surface area (Å²) in [6, 6.07) is 0. The van der Waals surface area contributed by atoms with Gasteiger partial charge >= 0.3 is 0 Å². The molecule has 0 aromatic carbocycles. The Hall–Kier alpha value is -1.63. The van der Waals surface area contributed by atoms with Crippen LogP contribution in [0.5, 0.6) is 0 Å². The molecule has 0 aliphatic heterocycles. The third-order valence-corrected chi connectivity index (χ3v) is 3.00. The third-order valence-electron chi connectivity index (χ3n) is 2.25. The van der Waals surface area contributed by atoms with Crippen molar-refractivity contribution in [1.29, 1.82) is 0 Å². The Morgan fingerprint density at radius 3 is 2.88 bits per heavy atom. The first-order valence-corrected chi connectivity index (χ1v) is 5.98. The topological polar surface area (TPSA) is 67.7 Å². The maximum Gasteiger partial charge on any atom is 0.146 e. The van der Waals surface area contributed by atoms with Gasteiger partial charge in [0.05, 0.1) is 6.33 Å². The average Bonchev–Trinajstić information content (AvgIpc) is 2.84. The standard InChI is InChI=1S/C10H13BrN6/c1-12-9-8(11)10(16-6-15-9)14-3-5-17-4-2-13-7-17/h2,4,6-7H,3,5H2,1H3,(H2,12,14,15,16). The van der Waals surface area contributed by atoms with Gasteiger partial charge in [0.2, 0.25) is 0 Å². The minimum atomic E-state index is 0.769. The van der Waals surface area contributed by atoms with E-state index >= 15 is 0 Å². The van der Waals surface area contributed by atoms with E-state index in [-0.39, 0.29) is 0 Å². The molecule has 0 spiro atoms. The second kappa shape index (κ2) is 5.62. The minimum absolute atomic E-state index is 0.769. The number of imidazole rings is 1. The van der Waals surface area contributed by atoms with Crippen LogP contribution in [0.4, 0.5) is 11.6 Å². The molecule has 6 nitrogen and oxygen atoms in total. The summed E-state index contributed by atoms with van der Waals surface area (Å²) in [4.78, 5) is 12.2. The lowest BCUT2D eigenvalue weighted by Gasteiger charge is -2.09. The Balaban J connectivity index is 1.95. The summed E-state index contributed by atoms with van der Waals surface area (Å²) in [5.74, 6) is 1.55. The normalized spacial score (nSPS) is 10.2. The molecule has 2 N–H and O–H groups in total. The number of hydrogen-bond acceptors (Lipinski definition) is 5. The van der Waals surface area contributed by atoms with Crippen LogP contribution in [-0.4, -0.2) is 33.1 Å². The molecule has 0 bridgehead atoms. The first kappa shape index (κ1) is 11.8. The zero-order valence-electron chi connectivity index (χ0n) is 9.39.